The molecule has 0 radical (unpaired) electrons. The van der Waals surface area contributed by atoms with Crippen LogP contribution in [0.4, 0.5) is 10.5 Å². The van der Waals surface area contributed by atoms with Crippen molar-refractivity contribution >= 4 is 23.7 Å². The number of hydrogen-bond donors (Lipinski definition) is 1. The summed E-state index contributed by atoms with van der Waals surface area (Å²) in [5, 5.41) is 4.69. The summed E-state index contributed by atoms with van der Waals surface area (Å²) in [6, 6.07) is 6.41. The lowest BCUT2D eigenvalue weighted by molar-refractivity contribution is -0.200. The van der Waals surface area contributed by atoms with Crippen molar-refractivity contribution in [1.82, 2.24) is 10.4 Å². The molecule has 8 heteroatoms. The number of carbonyl (C=O) groups excluding carboxylic acids is 3. The Hall–Kier alpha value is -2.61. The third-order valence-corrected chi connectivity index (χ3v) is 7.09. The van der Waals surface area contributed by atoms with Crippen molar-refractivity contribution in [2.24, 2.45) is 5.92 Å². The Morgan fingerprint density at radius 1 is 1.06 bits per heavy atom. The number of esters is 1. The second-order valence-electron chi connectivity index (χ2n) is 9.39. The van der Waals surface area contributed by atoms with Gasteiger partial charge in [-0.05, 0) is 63.0 Å². The van der Waals surface area contributed by atoms with Gasteiger partial charge in [0.15, 0.2) is 0 Å². The molecule has 2 aliphatic heterocycles. The van der Waals surface area contributed by atoms with Gasteiger partial charge >= 0.3 is 18.0 Å². The quantitative estimate of drug-likeness (QED) is 0.371. The highest BCUT2D eigenvalue weighted by molar-refractivity contribution is 5.96. The average Bonchev–Trinajstić information content (AvgIpc) is 3.12. The summed E-state index contributed by atoms with van der Waals surface area (Å²) in [6.45, 7) is 6.13. The number of benzene rings is 1. The van der Waals surface area contributed by atoms with Crippen molar-refractivity contribution in [2.75, 3.05) is 31.6 Å². The van der Waals surface area contributed by atoms with Crippen molar-refractivity contribution in [3.8, 4) is 0 Å². The molecule has 2 amide bonds. The number of methoxy groups -OCH3 is 1. The highest BCUT2D eigenvalue weighted by atomic mass is 16.7. The SMILES string of the molecule is CCCCCCCC(CC)C(=O)ON1C(=O)N(c2ccc(C(=O)OC)cc2)CC12CCNCC2. The largest absolute Gasteiger partial charge is 0.465 e. The molecule has 8 nitrogen and oxygen atoms in total. The number of nitrogens with zero attached hydrogens (tertiary/aromatic N) is 2. The fraction of sp³-hybridized carbons (Fsp3) is 0.654. The zero-order valence-electron chi connectivity index (χ0n) is 20.8. The number of ether oxygens (including phenoxy) is 1. The monoisotopic (exact) mass is 473 g/mol. The molecule has 0 aliphatic carbocycles. The molecule has 0 saturated carbocycles. The van der Waals surface area contributed by atoms with E-state index >= 15 is 0 Å². The van der Waals surface area contributed by atoms with E-state index in [0.29, 0.717) is 37.1 Å². The lowest BCUT2D eigenvalue weighted by Gasteiger charge is -2.38. The van der Waals surface area contributed by atoms with E-state index in [1.165, 1.54) is 31.4 Å². The normalized spacial score (nSPS) is 18.3. The predicted molar refractivity (Wildman–Crippen MR) is 130 cm³/mol. The Kier molecular flexibility index (Phi) is 9.33. The zero-order chi connectivity index (χ0) is 24.6. The Morgan fingerprint density at radius 2 is 1.74 bits per heavy atom. The summed E-state index contributed by atoms with van der Waals surface area (Å²) >= 11 is 0. The topological polar surface area (TPSA) is 88.2 Å². The molecule has 1 unspecified atom stereocenters. The number of hydrogen-bond acceptors (Lipinski definition) is 6. The number of unbranched alkanes of at least 4 members (excludes halogenated alkanes) is 4. The van der Waals surface area contributed by atoms with E-state index in [4.69, 9.17) is 9.57 Å². The van der Waals surface area contributed by atoms with E-state index in [-0.39, 0.29) is 17.9 Å². The summed E-state index contributed by atoms with van der Waals surface area (Å²) in [6.07, 6.45) is 8.60. The number of nitrogens with one attached hydrogen (secondary N) is 1. The molecule has 188 valence electrons. The smallest absolute Gasteiger partial charge is 0.358 e. The number of amides is 2. The van der Waals surface area contributed by atoms with Crippen molar-refractivity contribution in [3.63, 3.8) is 0 Å². The maximum absolute atomic E-state index is 13.5. The van der Waals surface area contributed by atoms with Crippen LogP contribution < -0.4 is 10.2 Å². The Morgan fingerprint density at radius 3 is 2.35 bits per heavy atom. The van der Waals surface area contributed by atoms with Crippen LogP contribution in [0, 0.1) is 5.92 Å². The lowest BCUT2D eigenvalue weighted by Crippen LogP contribution is -2.54. The molecule has 0 bridgehead atoms. The van der Waals surface area contributed by atoms with Crippen LogP contribution in [0.15, 0.2) is 24.3 Å². The summed E-state index contributed by atoms with van der Waals surface area (Å²) in [7, 11) is 1.34. The van der Waals surface area contributed by atoms with Gasteiger partial charge in [-0.25, -0.2) is 14.4 Å². The van der Waals surface area contributed by atoms with E-state index in [1.807, 2.05) is 6.92 Å². The van der Waals surface area contributed by atoms with Crippen molar-refractivity contribution in [1.29, 1.82) is 0 Å². The van der Waals surface area contributed by atoms with Crippen LogP contribution in [0.1, 0.15) is 82.0 Å². The van der Waals surface area contributed by atoms with Crippen LogP contribution in [0.5, 0.6) is 0 Å². The van der Waals surface area contributed by atoms with E-state index in [1.54, 1.807) is 29.2 Å². The van der Waals surface area contributed by atoms with Gasteiger partial charge in [-0.3, -0.25) is 4.90 Å². The Balaban J connectivity index is 1.73. The predicted octanol–water partition coefficient (Wildman–Crippen LogP) is 4.68. The number of anilines is 1. The minimum atomic E-state index is -0.557. The van der Waals surface area contributed by atoms with Gasteiger partial charge in [0.2, 0.25) is 0 Å². The number of urea groups is 1. The van der Waals surface area contributed by atoms with Crippen LogP contribution in [-0.4, -0.2) is 55.3 Å². The van der Waals surface area contributed by atoms with Crippen LogP contribution in [0.25, 0.3) is 0 Å². The van der Waals surface area contributed by atoms with E-state index in [2.05, 4.69) is 12.2 Å². The standard InChI is InChI=1S/C26H39N3O5/c1-4-6-7-8-9-10-20(5-2)24(31)34-29-25(32)28(19-26(29)15-17-27-18-16-26)22-13-11-21(12-14-22)23(30)33-3/h11-14,20,27H,4-10,15-19H2,1-3H3. The van der Waals surface area contributed by atoms with Gasteiger partial charge in [0.1, 0.15) is 5.54 Å². The van der Waals surface area contributed by atoms with Gasteiger partial charge in [0.05, 0.1) is 25.1 Å². The van der Waals surface area contributed by atoms with Crippen LogP contribution in [-0.2, 0) is 14.4 Å². The van der Waals surface area contributed by atoms with Gasteiger partial charge in [-0.2, -0.15) is 0 Å². The second kappa shape index (κ2) is 12.2. The highest BCUT2D eigenvalue weighted by Crippen LogP contribution is 2.38. The van der Waals surface area contributed by atoms with Crippen molar-refractivity contribution in [3.05, 3.63) is 29.8 Å². The van der Waals surface area contributed by atoms with Gasteiger partial charge in [-0.1, -0.05) is 46.0 Å². The van der Waals surface area contributed by atoms with Gasteiger partial charge in [0, 0.05) is 5.69 Å². The second-order valence-corrected chi connectivity index (χ2v) is 9.39. The maximum atomic E-state index is 13.5. The number of piperidine rings is 1. The molecule has 2 aliphatic rings. The maximum Gasteiger partial charge on any atom is 0.358 e. The van der Waals surface area contributed by atoms with Gasteiger partial charge in [-0.15, -0.1) is 5.06 Å². The molecule has 2 saturated heterocycles. The molecule has 2 fully saturated rings. The minimum absolute atomic E-state index is 0.207. The first-order valence-corrected chi connectivity index (χ1v) is 12.7. The molecule has 1 aromatic rings. The van der Waals surface area contributed by atoms with E-state index < -0.39 is 11.5 Å². The summed E-state index contributed by atoms with van der Waals surface area (Å²) in [5.41, 5.74) is 0.526. The molecule has 34 heavy (non-hydrogen) atoms. The summed E-state index contributed by atoms with van der Waals surface area (Å²) in [5.74, 6) is -0.946. The number of rotatable bonds is 11. The van der Waals surface area contributed by atoms with Crippen molar-refractivity contribution in [2.45, 2.75) is 77.2 Å². The molecule has 2 heterocycles. The lowest BCUT2D eigenvalue weighted by atomic mass is 9.89. The summed E-state index contributed by atoms with van der Waals surface area (Å²) in [4.78, 5) is 45.9. The van der Waals surface area contributed by atoms with Crippen LogP contribution >= 0.6 is 0 Å². The van der Waals surface area contributed by atoms with E-state index in [9.17, 15) is 14.4 Å². The molecule has 1 spiro atoms. The first-order valence-electron chi connectivity index (χ1n) is 12.7. The van der Waals surface area contributed by atoms with Crippen LogP contribution in [0.2, 0.25) is 0 Å². The zero-order valence-corrected chi connectivity index (χ0v) is 20.8. The molecule has 1 atom stereocenters. The molecular formula is C26H39N3O5. The minimum Gasteiger partial charge on any atom is -0.465 e. The highest BCUT2D eigenvalue weighted by Gasteiger charge is 2.53. The number of hydroxylamine groups is 2. The molecule has 0 aromatic heterocycles. The first kappa shape index (κ1) is 26.0. The fourth-order valence-electron chi connectivity index (χ4n) is 4.87. The fourth-order valence-corrected chi connectivity index (χ4v) is 4.87. The molecule has 1 aromatic carbocycles. The van der Waals surface area contributed by atoms with Crippen molar-refractivity contribution < 1.29 is 24.0 Å². The molecule has 1 N–H and O–H groups in total. The Labute approximate surface area is 202 Å². The van der Waals surface area contributed by atoms with Crippen LogP contribution in [0.3, 0.4) is 0 Å². The number of carbonyl (C=O) groups is 3. The third-order valence-electron chi connectivity index (χ3n) is 7.09. The van der Waals surface area contributed by atoms with E-state index in [0.717, 1.165) is 32.4 Å². The Bertz CT molecular complexity index is 835. The van der Waals surface area contributed by atoms with Gasteiger partial charge < -0.3 is 14.9 Å². The first-order chi connectivity index (χ1) is 16.5. The molecular weight excluding hydrogens is 434 g/mol. The summed E-state index contributed by atoms with van der Waals surface area (Å²) < 4.78 is 4.76. The molecule has 3 rings (SSSR count). The van der Waals surface area contributed by atoms with Gasteiger partial charge in [0.25, 0.3) is 0 Å². The average molecular weight is 474 g/mol. The third kappa shape index (κ3) is 5.90.